The SMILES string of the molecule is COc1cc2ncnc(N3CCN(c4ncc(Cc5cccc(C#N)c5)cn4)CC3)c2cc1OC. The fourth-order valence-electron chi connectivity index (χ4n) is 4.33. The van der Waals surface area contributed by atoms with Crippen molar-refractivity contribution in [2.45, 2.75) is 6.42 Å². The number of piperazine rings is 1. The van der Waals surface area contributed by atoms with Crippen LogP contribution in [0.3, 0.4) is 0 Å². The van der Waals surface area contributed by atoms with Crippen molar-refractivity contribution in [3.05, 3.63) is 71.8 Å². The molecule has 1 aliphatic rings. The Morgan fingerprint density at radius 3 is 2.29 bits per heavy atom. The van der Waals surface area contributed by atoms with Gasteiger partial charge in [0, 0.05) is 56.4 Å². The highest BCUT2D eigenvalue weighted by Gasteiger charge is 2.22. The molecule has 176 valence electrons. The number of methoxy groups -OCH3 is 2. The first kappa shape index (κ1) is 22.3. The van der Waals surface area contributed by atoms with Crippen molar-refractivity contribution in [1.29, 1.82) is 5.26 Å². The lowest BCUT2D eigenvalue weighted by Crippen LogP contribution is -2.47. The number of ether oxygens (including phenoxy) is 2. The molecule has 3 heterocycles. The molecule has 1 aliphatic heterocycles. The maximum Gasteiger partial charge on any atom is 0.225 e. The molecule has 5 rings (SSSR count). The molecule has 9 nitrogen and oxygen atoms in total. The van der Waals surface area contributed by atoms with E-state index in [1.165, 1.54) is 0 Å². The zero-order valence-electron chi connectivity index (χ0n) is 19.7. The van der Waals surface area contributed by atoms with Gasteiger partial charge in [0.05, 0.1) is 31.4 Å². The van der Waals surface area contributed by atoms with Crippen LogP contribution in [0.5, 0.6) is 11.5 Å². The second-order valence-electron chi connectivity index (χ2n) is 8.28. The van der Waals surface area contributed by atoms with E-state index in [2.05, 4.69) is 35.8 Å². The first-order valence-corrected chi connectivity index (χ1v) is 11.3. The number of fused-ring (bicyclic) bond motifs is 1. The van der Waals surface area contributed by atoms with Crippen molar-refractivity contribution in [2.24, 2.45) is 0 Å². The van der Waals surface area contributed by atoms with E-state index in [1.54, 1.807) is 26.6 Å². The van der Waals surface area contributed by atoms with Gasteiger partial charge in [-0.3, -0.25) is 0 Å². The van der Waals surface area contributed by atoms with Gasteiger partial charge in [0.2, 0.25) is 5.95 Å². The summed E-state index contributed by atoms with van der Waals surface area (Å²) < 4.78 is 10.9. The van der Waals surface area contributed by atoms with E-state index >= 15 is 0 Å². The van der Waals surface area contributed by atoms with Crippen LogP contribution in [-0.4, -0.2) is 60.3 Å². The molecule has 0 saturated carbocycles. The second-order valence-corrected chi connectivity index (χ2v) is 8.28. The van der Waals surface area contributed by atoms with Gasteiger partial charge in [-0.15, -0.1) is 0 Å². The largest absolute Gasteiger partial charge is 0.493 e. The molecule has 0 radical (unpaired) electrons. The molecule has 35 heavy (non-hydrogen) atoms. The first-order chi connectivity index (χ1) is 17.2. The lowest BCUT2D eigenvalue weighted by molar-refractivity contribution is 0.356. The predicted octanol–water partition coefficient (Wildman–Crippen LogP) is 3.23. The van der Waals surface area contributed by atoms with Crippen LogP contribution >= 0.6 is 0 Å². The van der Waals surface area contributed by atoms with Crippen molar-refractivity contribution in [3.63, 3.8) is 0 Å². The van der Waals surface area contributed by atoms with E-state index in [1.807, 2.05) is 42.7 Å². The van der Waals surface area contributed by atoms with Crippen molar-refractivity contribution < 1.29 is 9.47 Å². The van der Waals surface area contributed by atoms with Gasteiger partial charge >= 0.3 is 0 Å². The van der Waals surface area contributed by atoms with Gasteiger partial charge in [-0.2, -0.15) is 5.26 Å². The maximum absolute atomic E-state index is 9.10. The Balaban J connectivity index is 1.27. The number of rotatable bonds is 6. The van der Waals surface area contributed by atoms with E-state index < -0.39 is 0 Å². The van der Waals surface area contributed by atoms with Gasteiger partial charge in [0.1, 0.15) is 12.1 Å². The zero-order valence-corrected chi connectivity index (χ0v) is 19.7. The maximum atomic E-state index is 9.10. The van der Waals surface area contributed by atoms with Crippen LogP contribution < -0.4 is 19.3 Å². The van der Waals surface area contributed by atoms with Crippen molar-refractivity contribution in [2.75, 3.05) is 50.2 Å². The fraction of sp³-hybridized carbons (Fsp3) is 0.269. The Bertz CT molecular complexity index is 1380. The highest BCUT2D eigenvalue weighted by atomic mass is 16.5. The topological polar surface area (TPSA) is 100 Å². The van der Waals surface area contributed by atoms with Crippen LogP contribution in [0.15, 0.2) is 55.1 Å². The summed E-state index contributed by atoms with van der Waals surface area (Å²) in [7, 11) is 3.24. The minimum absolute atomic E-state index is 0.646. The summed E-state index contributed by atoms with van der Waals surface area (Å²) in [5.74, 6) is 2.90. The van der Waals surface area contributed by atoms with E-state index in [0.29, 0.717) is 23.5 Å². The van der Waals surface area contributed by atoms with E-state index in [9.17, 15) is 0 Å². The zero-order chi connectivity index (χ0) is 24.2. The summed E-state index contributed by atoms with van der Waals surface area (Å²) in [5, 5.41) is 10.0. The highest BCUT2D eigenvalue weighted by molar-refractivity contribution is 5.92. The Morgan fingerprint density at radius 1 is 0.857 bits per heavy atom. The molecule has 2 aromatic carbocycles. The third-order valence-corrected chi connectivity index (χ3v) is 6.14. The molecule has 0 bridgehead atoms. The number of hydrogen-bond acceptors (Lipinski definition) is 9. The number of hydrogen-bond donors (Lipinski definition) is 0. The quantitative estimate of drug-likeness (QED) is 0.423. The van der Waals surface area contributed by atoms with Gasteiger partial charge < -0.3 is 19.3 Å². The molecule has 0 atom stereocenters. The predicted molar refractivity (Wildman–Crippen MR) is 133 cm³/mol. The van der Waals surface area contributed by atoms with Crippen LogP contribution in [0.1, 0.15) is 16.7 Å². The van der Waals surface area contributed by atoms with Crippen LogP contribution in [0.2, 0.25) is 0 Å². The molecule has 9 heteroatoms. The summed E-state index contributed by atoms with van der Waals surface area (Å²) in [5.41, 5.74) is 3.56. The van der Waals surface area contributed by atoms with Gasteiger partial charge in [0.25, 0.3) is 0 Å². The Hall–Kier alpha value is -4.45. The van der Waals surface area contributed by atoms with Crippen molar-refractivity contribution in [1.82, 2.24) is 19.9 Å². The minimum Gasteiger partial charge on any atom is -0.493 e. The third kappa shape index (κ3) is 4.64. The smallest absolute Gasteiger partial charge is 0.225 e. The molecule has 0 spiro atoms. The number of benzene rings is 2. The number of nitrogens with zero attached hydrogens (tertiary/aromatic N) is 7. The molecule has 0 unspecified atom stereocenters. The summed E-state index contributed by atoms with van der Waals surface area (Å²) in [6.45, 7) is 3.13. The summed E-state index contributed by atoms with van der Waals surface area (Å²) in [4.78, 5) is 22.6. The Morgan fingerprint density at radius 2 is 1.57 bits per heavy atom. The molecule has 0 N–H and O–H groups in total. The lowest BCUT2D eigenvalue weighted by atomic mass is 10.1. The number of nitriles is 1. The van der Waals surface area contributed by atoms with Gasteiger partial charge in [0.15, 0.2) is 11.5 Å². The molecule has 0 amide bonds. The van der Waals surface area contributed by atoms with Gasteiger partial charge in [-0.1, -0.05) is 12.1 Å². The second kappa shape index (κ2) is 9.81. The van der Waals surface area contributed by atoms with Crippen molar-refractivity contribution in [3.8, 4) is 17.6 Å². The highest BCUT2D eigenvalue weighted by Crippen LogP contribution is 2.35. The Labute approximate surface area is 203 Å². The van der Waals surface area contributed by atoms with Crippen molar-refractivity contribution >= 4 is 22.7 Å². The summed E-state index contributed by atoms with van der Waals surface area (Å²) in [6, 6.07) is 13.6. The van der Waals surface area contributed by atoms with Crippen LogP contribution in [0, 0.1) is 11.3 Å². The minimum atomic E-state index is 0.646. The van der Waals surface area contributed by atoms with Crippen LogP contribution in [0.4, 0.5) is 11.8 Å². The lowest BCUT2D eigenvalue weighted by Gasteiger charge is -2.35. The van der Waals surface area contributed by atoms with Crippen LogP contribution in [0.25, 0.3) is 10.9 Å². The normalized spacial score (nSPS) is 13.5. The van der Waals surface area contributed by atoms with E-state index in [-0.39, 0.29) is 0 Å². The molecule has 2 aromatic heterocycles. The number of aromatic nitrogens is 4. The third-order valence-electron chi connectivity index (χ3n) is 6.14. The average Bonchev–Trinajstić information content (AvgIpc) is 2.92. The molecular weight excluding hydrogens is 442 g/mol. The number of anilines is 2. The van der Waals surface area contributed by atoms with E-state index in [0.717, 1.165) is 60.0 Å². The van der Waals surface area contributed by atoms with Gasteiger partial charge in [-0.25, -0.2) is 19.9 Å². The molecule has 1 fully saturated rings. The monoisotopic (exact) mass is 467 g/mol. The molecular formula is C26H25N7O2. The fourth-order valence-corrected chi connectivity index (χ4v) is 4.33. The van der Waals surface area contributed by atoms with E-state index in [4.69, 9.17) is 14.7 Å². The standard InChI is InChI=1S/C26H25N7O2/c1-34-23-12-21-22(13-24(23)35-2)30-17-31-25(21)32-6-8-33(9-7-32)26-28-15-20(16-29-26)11-18-4-3-5-19(10-18)14-27/h3-5,10,12-13,15-17H,6-9,11H2,1-2H3. The van der Waals surface area contributed by atoms with Gasteiger partial charge in [-0.05, 0) is 29.3 Å². The van der Waals surface area contributed by atoms with Crippen LogP contribution in [-0.2, 0) is 6.42 Å². The summed E-state index contributed by atoms with van der Waals surface area (Å²) >= 11 is 0. The average molecular weight is 468 g/mol. The Kier molecular flexibility index (Phi) is 6.26. The molecule has 0 aliphatic carbocycles. The molecule has 1 saturated heterocycles. The first-order valence-electron chi connectivity index (χ1n) is 11.3. The molecule has 4 aromatic rings. The summed E-state index contributed by atoms with van der Waals surface area (Å²) in [6.07, 6.45) is 6.01.